The number of aliphatic carboxylic acids is 1. The first-order valence-electron chi connectivity index (χ1n) is 5.31. The van der Waals surface area contributed by atoms with Crippen LogP contribution in [0.4, 0.5) is 10.5 Å². The van der Waals surface area contributed by atoms with Crippen molar-refractivity contribution in [3.05, 3.63) is 24.0 Å². The quantitative estimate of drug-likeness (QED) is 0.698. The van der Waals surface area contributed by atoms with Crippen molar-refractivity contribution in [2.24, 2.45) is 0 Å². The molecule has 1 aromatic heterocycles. The van der Waals surface area contributed by atoms with Crippen LogP contribution >= 0.6 is 0 Å². The molecule has 8 nitrogen and oxygen atoms in total. The van der Waals surface area contributed by atoms with Gasteiger partial charge in [0.2, 0.25) is 0 Å². The predicted molar refractivity (Wildman–Crippen MR) is 64.6 cm³/mol. The number of hydrogen-bond acceptors (Lipinski definition) is 5. The Morgan fingerprint density at radius 2 is 2.11 bits per heavy atom. The third kappa shape index (κ3) is 5.59. The molecule has 0 aromatic carbocycles. The Bertz CT molecular complexity index is 489. The lowest BCUT2D eigenvalue weighted by molar-refractivity contribution is -0.143. The van der Waals surface area contributed by atoms with Crippen molar-refractivity contribution in [1.29, 1.82) is 0 Å². The molecule has 3 N–H and O–H groups in total. The summed E-state index contributed by atoms with van der Waals surface area (Å²) in [6.07, 6.45) is 1.57. The minimum atomic E-state index is -1.19. The van der Waals surface area contributed by atoms with Crippen LogP contribution in [0.25, 0.3) is 0 Å². The summed E-state index contributed by atoms with van der Waals surface area (Å²) < 4.78 is 4.53. The van der Waals surface area contributed by atoms with Crippen LogP contribution in [-0.2, 0) is 14.3 Å². The van der Waals surface area contributed by atoms with Gasteiger partial charge in [0.25, 0.3) is 5.91 Å². The zero-order chi connectivity index (χ0) is 14.3. The Hall–Kier alpha value is -2.48. The second-order valence-corrected chi connectivity index (χ2v) is 3.53. The Labute approximate surface area is 108 Å². The molecule has 0 unspecified atom stereocenters. The smallest absolute Gasteiger partial charge is 0.329 e. The number of nitrogens with zero attached hydrogens (tertiary/aromatic N) is 1. The number of anilines is 1. The highest BCUT2D eigenvalue weighted by atomic mass is 16.5. The van der Waals surface area contributed by atoms with Crippen LogP contribution in [-0.4, -0.2) is 41.2 Å². The van der Waals surface area contributed by atoms with Gasteiger partial charge in [0.1, 0.15) is 13.2 Å². The number of pyridine rings is 1. The lowest BCUT2D eigenvalue weighted by Crippen LogP contribution is -2.37. The van der Waals surface area contributed by atoms with Crippen LogP contribution in [0, 0.1) is 6.92 Å². The van der Waals surface area contributed by atoms with Gasteiger partial charge in [-0.1, -0.05) is 0 Å². The molecule has 0 aliphatic rings. The molecule has 0 fully saturated rings. The van der Waals surface area contributed by atoms with E-state index in [4.69, 9.17) is 5.11 Å². The number of carboxylic acids is 1. The minimum Gasteiger partial charge on any atom is -0.480 e. The minimum absolute atomic E-state index is 0.472. The molecule has 0 saturated heterocycles. The lowest BCUT2D eigenvalue weighted by Gasteiger charge is -2.08. The summed E-state index contributed by atoms with van der Waals surface area (Å²) in [6.45, 7) is 0.593. The first kappa shape index (κ1) is 14.6. The van der Waals surface area contributed by atoms with Gasteiger partial charge in [-0.15, -0.1) is 0 Å². The maximum absolute atomic E-state index is 11.4. The van der Waals surface area contributed by atoms with E-state index in [1.54, 1.807) is 25.3 Å². The van der Waals surface area contributed by atoms with E-state index in [0.29, 0.717) is 11.4 Å². The van der Waals surface area contributed by atoms with E-state index in [-0.39, 0.29) is 0 Å². The molecular formula is C11H13N3O5. The second kappa shape index (κ2) is 7.07. The third-order valence-electron chi connectivity index (χ3n) is 1.97. The van der Waals surface area contributed by atoms with E-state index in [1.165, 1.54) is 0 Å². The van der Waals surface area contributed by atoms with E-state index >= 15 is 0 Å². The van der Waals surface area contributed by atoms with Crippen molar-refractivity contribution in [3.63, 3.8) is 0 Å². The molecular weight excluding hydrogens is 254 g/mol. The number of hydrogen-bond donors (Lipinski definition) is 3. The molecule has 0 radical (unpaired) electrons. The van der Waals surface area contributed by atoms with E-state index in [1.807, 2.05) is 5.32 Å². The number of urea groups is 1. The summed E-state index contributed by atoms with van der Waals surface area (Å²) in [5, 5.41) is 12.7. The zero-order valence-corrected chi connectivity index (χ0v) is 10.2. The Morgan fingerprint density at radius 3 is 2.74 bits per heavy atom. The fourth-order valence-electron chi connectivity index (χ4n) is 1.16. The Kier molecular flexibility index (Phi) is 5.42. The number of imide groups is 1. The van der Waals surface area contributed by atoms with Crippen molar-refractivity contribution in [2.75, 3.05) is 18.5 Å². The number of ether oxygens (including phenoxy) is 1. The lowest BCUT2D eigenvalue weighted by atomic mass is 10.3. The number of carbonyl (C=O) groups is 3. The molecule has 0 atom stereocenters. The summed E-state index contributed by atoms with van der Waals surface area (Å²) in [5.41, 5.74) is 1.08. The topological polar surface area (TPSA) is 118 Å². The molecule has 1 rings (SSSR count). The van der Waals surface area contributed by atoms with E-state index in [9.17, 15) is 14.4 Å². The molecule has 19 heavy (non-hydrogen) atoms. The maximum Gasteiger partial charge on any atom is 0.329 e. The second-order valence-electron chi connectivity index (χ2n) is 3.53. The van der Waals surface area contributed by atoms with Crippen molar-refractivity contribution in [1.82, 2.24) is 10.3 Å². The molecule has 0 aliphatic carbocycles. The van der Waals surface area contributed by atoms with Gasteiger partial charge in [0, 0.05) is 6.20 Å². The summed E-state index contributed by atoms with van der Waals surface area (Å²) in [4.78, 5) is 36.7. The van der Waals surface area contributed by atoms with Crippen LogP contribution in [0.5, 0.6) is 0 Å². The summed E-state index contributed by atoms with van der Waals surface area (Å²) >= 11 is 0. The van der Waals surface area contributed by atoms with E-state index < -0.39 is 31.1 Å². The number of amides is 3. The van der Waals surface area contributed by atoms with Gasteiger partial charge in [-0.3, -0.25) is 15.1 Å². The largest absolute Gasteiger partial charge is 0.480 e. The highest BCUT2D eigenvalue weighted by molar-refractivity contribution is 6.01. The average molecular weight is 267 g/mol. The fourth-order valence-corrected chi connectivity index (χ4v) is 1.16. The molecule has 8 heteroatoms. The molecule has 1 heterocycles. The first-order valence-corrected chi connectivity index (χ1v) is 5.31. The van der Waals surface area contributed by atoms with Crippen LogP contribution in [0.15, 0.2) is 18.3 Å². The number of carboxylic acid groups (broad SMARTS) is 1. The summed E-state index contributed by atoms with van der Waals surface area (Å²) in [5.74, 6) is -1.93. The number of nitrogens with one attached hydrogen (secondary N) is 2. The maximum atomic E-state index is 11.4. The number of rotatable bonds is 5. The van der Waals surface area contributed by atoms with Gasteiger partial charge < -0.3 is 15.2 Å². The molecule has 0 aliphatic heterocycles. The standard InChI is InChI=1S/C11H13N3O5/c1-7-8(3-2-4-12-7)13-11(18)14-9(15)5-19-6-10(16)17/h2-4H,5-6H2,1H3,(H,16,17)(H2,13,14,15,18). The molecule has 1 aromatic rings. The number of aromatic nitrogens is 1. The molecule has 0 bridgehead atoms. The highest BCUT2D eigenvalue weighted by Gasteiger charge is 2.10. The van der Waals surface area contributed by atoms with Crippen molar-refractivity contribution in [2.45, 2.75) is 6.92 Å². The van der Waals surface area contributed by atoms with Gasteiger partial charge in [-0.05, 0) is 19.1 Å². The predicted octanol–water partition coefficient (Wildman–Crippen LogP) is 0.139. The Morgan fingerprint density at radius 1 is 1.37 bits per heavy atom. The van der Waals surface area contributed by atoms with E-state index in [0.717, 1.165) is 0 Å². The SMILES string of the molecule is Cc1ncccc1NC(=O)NC(=O)COCC(=O)O. The molecule has 0 spiro atoms. The molecule has 0 saturated carbocycles. The van der Waals surface area contributed by atoms with Crippen molar-refractivity contribution >= 4 is 23.6 Å². The van der Waals surface area contributed by atoms with Crippen LogP contribution in [0.3, 0.4) is 0 Å². The van der Waals surface area contributed by atoms with Gasteiger partial charge in [-0.2, -0.15) is 0 Å². The van der Waals surface area contributed by atoms with E-state index in [2.05, 4.69) is 15.0 Å². The number of aryl methyl sites for hydroxylation is 1. The highest BCUT2D eigenvalue weighted by Crippen LogP contribution is 2.09. The normalized spacial score (nSPS) is 9.74. The van der Waals surface area contributed by atoms with Crippen LogP contribution in [0.1, 0.15) is 5.69 Å². The summed E-state index contributed by atoms with van der Waals surface area (Å²) in [6, 6.07) is 2.54. The monoisotopic (exact) mass is 267 g/mol. The Balaban J connectivity index is 2.37. The van der Waals surface area contributed by atoms with Gasteiger partial charge >= 0.3 is 12.0 Å². The fraction of sp³-hybridized carbons (Fsp3) is 0.273. The average Bonchev–Trinajstić information content (AvgIpc) is 2.31. The third-order valence-corrected chi connectivity index (χ3v) is 1.97. The van der Waals surface area contributed by atoms with Crippen LogP contribution < -0.4 is 10.6 Å². The zero-order valence-electron chi connectivity index (χ0n) is 10.2. The van der Waals surface area contributed by atoms with Gasteiger partial charge in [-0.25, -0.2) is 9.59 Å². The van der Waals surface area contributed by atoms with Crippen LogP contribution in [0.2, 0.25) is 0 Å². The first-order chi connectivity index (χ1) is 8.99. The van der Waals surface area contributed by atoms with Crippen molar-refractivity contribution < 1.29 is 24.2 Å². The van der Waals surface area contributed by atoms with Crippen molar-refractivity contribution in [3.8, 4) is 0 Å². The van der Waals surface area contributed by atoms with Gasteiger partial charge in [0.05, 0.1) is 11.4 Å². The summed E-state index contributed by atoms with van der Waals surface area (Å²) in [7, 11) is 0. The number of carbonyl (C=O) groups excluding carboxylic acids is 2. The van der Waals surface area contributed by atoms with Gasteiger partial charge in [0.15, 0.2) is 0 Å². The molecule has 3 amide bonds. The molecule has 102 valence electrons.